The summed E-state index contributed by atoms with van der Waals surface area (Å²) in [6.07, 6.45) is 2.59. The van der Waals surface area contributed by atoms with Crippen molar-refractivity contribution in [3.8, 4) is 5.75 Å². The Bertz CT molecular complexity index is 399. The van der Waals surface area contributed by atoms with E-state index < -0.39 is 6.10 Å². The van der Waals surface area contributed by atoms with Gasteiger partial charge in [-0.05, 0) is 50.4 Å². The minimum atomic E-state index is -0.453. The summed E-state index contributed by atoms with van der Waals surface area (Å²) in [5, 5.41) is 2.93. The van der Waals surface area contributed by atoms with Gasteiger partial charge in [0.25, 0.3) is 5.91 Å². The predicted octanol–water partition coefficient (Wildman–Crippen LogP) is 1.23. The van der Waals surface area contributed by atoms with Gasteiger partial charge in [-0.3, -0.25) is 4.79 Å². The van der Waals surface area contributed by atoms with E-state index >= 15 is 0 Å². The van der Waals surface area contributed by atoms with Crippen LogP contribution in [0.25, 0.3) is 0 Å². The predicted molar refractivity (Wildman–Crippen MR) is 70.5 cm³/mol. The Balaban J connectivity index is 1.85. The molecule has 1 fully saturated rings. The topological polar surface area (TPSA) is 64.3 Å². The molecule has 1 amide bonds. The monoisotopic (exact) mass is 248 g/mol. The number of carbonyl (C=O) groups is 1. The Morgan fingerprint density at radius 3 is 2.67 bits per heavy atom. The number of amides is 1. The van der Waals surface area contributed by atoms with Crippen LogP contribution in [0.5, 0.6) is 5.75 Å². The fourth-order valence-electron chi connectivity index (χ4n) is 1.71. The summed E-state index contributed by atoms with van der Waals surface area (Å²) in [5.41, 5.74) is 6.67. The van der Waals surface area contributed by atoms with Gasteiger partial charge in [-0.2, -0.15) is 0 Å². The highest BCUT2D eigenvalue weighted by atomic mass is 16.5. The molecule has 3 N–H and O–H groups in total. The van der Waals surface area contributed by atoms with Gasteiger partial charge in [0.15, 0.2) is 6.10 Å². The van der Waals surface area contributed by atoms with Crippen molar-refractivity contribution in [2.24, 2.45) is 5.73 Å². The van der Waals surface area contributed by atoms with Gasteiger partial charge in [-0.15, -0.1) is 0 Å². The molecule has 0 aliphatic heterocycles. The molecule has 1 aromatic carbocycles. The molecule has 0 radical (unpaired) electrons. The van der Waals surface area contributed by atoms with E-state index in [9.17, 15) is 4.79 Å². The second kappa shape index (κ2) is 5.87. The van der Waals surface area contributed by atoms with E-state index in [2.05, 4.69) is 5.32 Å². The Labute approximate surface area is 108 Å². The van der Waals surface area contributed by atoms with Gasteiger partial charge >= 0.3 is 0 Å². The van der Waals surface area contributed by atoms with Crippen molar-refractivity contribution in [3.63, 3.8) is 0 Å². The van der Waals surface area contributed by atoms with E-state index in [1.807, 2.05) is 24.3 Å². The van der Waals surface area contributed by atoms with Crippen LogP contribution in [0.1, 0.15) is 25.3 Å². The van der Waals surface area contributed by atoms with E-state index in [1.165, 1.54) is 5.56 Å². The van der Waals surface area contributed by atoms with E-state index in [-0.39, 0.29) is 5.91 Å². The first-order valence-corrected chi connectivity index (χ1v) is 6.45. The maximum absolute atomic E-state index is 11.7. The molecular formula is C14H20N2O2. The summed E-state index contributed by atoms with van der Waals surface area (Å²) in [6, 6.07) is 8.09. The van der Waals surface area contributed by atoms with Crippen LogP contribution in [0.4, 0.5) is 0 Å². The molecule has 1 aliphatic carbocycles. The average molecular weight is 248 g/mol. The van der Waals surface area contributed by atoms with Crippen molar-refractivity contribution in [2.75, 3.05) is 6.54 Å². The third-order valence-electron chi connectivity index (χ3n) is 2.96. The first-order valence-electron chi connectivity index (χ1n) is 6.45. The van der Waals surface area contributed by atoms with Crippen LogP contribution >= 0.6 is 0 Å². The van der Waals surface area contributed by atoms with Crippen LogP contribution in [-0.2, 0) is 11.2 Å². The first kappa shape index (κ1) is 12.9. The maximum atomic E-state index is 11.7. The quantitative estimate of drug-likeness (QED) is 0.796. The Kier molecular flexibility index (Phi) is 4.20. The van der Waals surface area contributed by atoms with E-state index in [1.54, 1.807) is 6.92 Å². The van der Waals surface area contributed by atoms with Gasteiger partial charge in [0.2, 0.25) is 0 Å². The number of nitrogens with one attached hydrogen (secondary N) is 1. The summed E-state index contributed by atoms with van der Waals surface area (Å²) < 4.78 is 5.59. The average Bonchev–Trinajstić information content (AvgIpc) is 3.16. The Hall–Kier alpha value is -1.55. The number of hydrogen-bond acceptors (Lipinski definition) is 3. The van der Waals surface area contributed by atoms with E-state index in [0.717, 1.165) is 19.3 Å². The van der Waals surface area contributed by atoms with Crippen molar-refractivity contribution in [2.45, 2.75) is 38.3 Å². The number of hydrogen-bond donors (Lipinski definition) is 2. The molecule has 0 heterocycles. The molecule has 18 heavy (non-hydrogen) atoms. The summed E-state index contributed by atoms with van der Waals surface area (Å²) in [6.45, 7) is 2.41. The Morgan fingerprint density at radius 2 is 2.11 bits per heavy atom. The highest BCUT2D eigenvalue weighted by molar-refractivity contribution is 5.81. The summed E-state index contributed by atoms with van der Waals surface area (Å²) in [5.74, 6) is 0.678. The number of rotatable bonds is 6. The fourth-order valence-corrected chi connectivity index (χ4v) is 1.71. The molecule has 1 atom stereocenters. The fraction of sp³-hybridized carbons (Fsp3) is 0.500. The minimum absolute atomic E-state index is 0.0384. The molecule has 4 nitrogen and oxygen atoms in total. The smallest absolute Gasteiger partial charge is 0.260 e. The normalized spacial score (nSPS) is 16.1. The molecule has 1 aromatic rings. The van der Waals surface area contributed by atoms with Crippen molar-refractivity contribution in [1.29, 1.82) is 0 Å². The van der Waals surface area contributed by atoms with Crippen molar-refractivity contribution in [1.82, 2.24) is 5.32 Å². The lowest BCUT2D eigenvalue weighted by atomic mass is 10.1. The third kappa shape index (κ3) is 3.74. The van der Waals surface area contributed by atoms with Gasteiger partial charge in [0, 0.05) is 6.04 Å². The number of ether oxygens (including phenoxy) is 1. The largest absolute Gasteiger partial charge is 0.481 e. The van der Waals surface area contributed by atoms with Gasteiger partial charge in [0.1, 0.15) is 5.75 Å². The van der Waals surface area contributed by atoms with Crippen LogP contribution in [0, 0.1) is 0 Å². The van der Waals surface area contributed by atoms with Crippen molar-refractivity contribution >= 4 is 5.91 Å². The van der Waals surface area contributed by atoms with Crippen LogP contribution in [0.3, 0.4) is 0 Å². The third-order valence-corrected chi connectivity index (χ3v) is 2.96. The maximum Gasteiger partial charge on any atom is 0.260 e. The zero-order valence-corrected chi connectivity index (χ0v) is 10.7. The molecule has 1 saturated carbocycles. The van der Waals surface area contributed by atoms with Gasteiger partial charge in [0.05, 0.1) is 0 Å². The summed E-state index contributed by atoms with van der Waals surface area (Å²) in [4.78, 5) is 11.7. The lowest BCUT2D eigenvalue weighted by Gasteiger charge is -2.14. The SMILES string of the molecule is CC(Oc1ccc(CCN)cc1)C(=O)NC1CC1. The summed E-state index contributed by atoms with van der Waals surface area (Å²) >= 11 is 0. The molecule has 98 valence electrons. The van der Waals surface area contributed by atoms with Gasteiger partial charge < -0.3 is 15.8 Å². The van der Waals surface area contributed by atoms with Gasteiger partial charge in [-0.1, -0.05) is 12.1 Å². The zero-order valence-electron chi connectivity index (χ0n) is 10.7. The second-order valence-electron chi connectivity index (χ2n) is 4.73. The minimum Gasteiger partial charge on any atom is -0.481 e. The molecule has 0 aromatic heterocycles. The molecule has 0 bridgehead atoms. The number of carbonyl (C=O) groups excluding carboxylic acids is 1. The van der Waals surface area contributed by atoms with Crippen LogP contribution < -0.4 is 15.8 Å². The molecule has 0 saturated heterocycles. The first-order chi connectivity index (χ1) is 8.69. The molecule has 4 heteroatoms. The molecule has 0 spiro atoms. The lowest BCUT2D eigenvalue weighted by molar-refractivity contribution is -0.127. The molecule has 1 aliphatic rings. The van der Waals surface area contributed by atoms with Crippen LogP contribution in [-0.4, -0.2) is 24.6 Å². The Morgan fingerprint density at radius 1 is 1.44 bits per heavy atom. The lowest BCUT2D eigenvalue weighted by Crippen LogP contribution is -2.37. The van der Waals surface area contributed by atoms with Gasteiger partial charge in [-0.25, -0.2) is 0 Å². The summed E-state index contributed by atoms with van der Waals surface area (Å²) in [7, 11) is 0. The molecular weight excluding hydrogens is 228 g/mol. The van der Waals surface area contributed by atoms with Crippen LogP contribution in [0.15, 0.2) is 24.3 Å². The van der Waals surface area contributed by atoms with E-state index in [0.29, 0.717) is 18.3 Å². The molecule has 1 unspecified atom stereocenters. The highest BCUT2D eigenvalue weighted by Crippen LogP contribution is 2.19. The van der Waals surface area contributed by atoms with Crippen molar-refractivity contribution < 1.29 is 9.53 Å². The van der Waals surface area contributed by atoms with E-state index in [4.69, 9.17) is 10.5 Å². The highest BCUT2D eigenvalue weighted by Gasteiger charge is 2.26. The zero-order chi connectivity index (χ0) is 13.0. The second-order valence-corrected chi connectivity index (χ2v) is 4.73. The van der Waals surface area contributed by atoms with Crippen molar-refractivity contribution in [3.05, 3.63) is 29.8 Å². The number of nitrogens with two attached hydrogens (primary N) is 1. The standard InChI is InChI=1S/C14H20N2O2/c1-10(14(17)16-12-4-5-12)18-13-6-2-11(3-7-13)8-9-15/h2-3,6-7,10,12H,4-5,8-9,15H2,1H3,(H,16,17). The number of benzene rings is 1. The molecule has 2 rings (SSSR count). The van der Waals surface area contributed by atoms with Crippen LogP contribution in [0.2, 0.25) is 0 Å².